The molecule has 0 amide bonds. The van der Waals surface area contributed by atoms with E-state index in [4.69, 9.17) is 5.11 Å². The van der Waals surface area contributed by atoms with Gasteiger partial charge in [-0.1, -0.05) is 13.0 Å². The molecule has 5 heteroatoms. The number of carbonyl (C=O) groups is 1. The molecule has 0 saturated carbocycles. The number of hydrogen-bond acceptors (Lipinski definition) is 2. The number of benzene rings is 1. The molecule has 17 heavy (non-hydrogen) atoms. The van der Waals surface area contributed by atoms with Crippen molar-refractivity contribution in [3.63, 3.8) is 0 Å². The lowest BCUT2D eigenvalue weighted by atomic mass is 10.2. The van der Waals surface area contributed by atoms with Crippen molar-refractivity contribution in [3.05, 3.63) is 35.4 Å². The van der Waals surface area contributed by atoms with Crippen molar-refractivity contribution in [1.29, 1.82) is 0 Å². The molecule has 1 N–H and O–H groups in total. The number of aliphatic carboxylic acids is 1. The van der Waals surface area contributed by atoms with Crippen LogP contribution in [0.15, 0.2) is 18.2 Å². The van der Waals surface area contributed by atoms with Crippen LogP contribution in [0.5, 0.6) is 0 Å². The highest BCUT2D eigenvalue weighted by atomic mass is 19.1. The minimum atomic E-state index is -0.957. The summed E-state index contributed by atoms with van der Waals surface area (Å²) in [7, 11) is 0. The molecule has 0 unspecified atom stereocenters. The van der Waals surface area contributed by atoms with Crippen LogP contribution in [0.2, 0.25) is 0 Å². The molecule has 0 atom stereocenters. The van der Waals surface area contributed by atoms with Gasteiger partial charge in [-0.25, -0.2) is 8.78 Å². The third-order valence-corrected chi connectivity index (χ3v) is 2.31. The van der Waals surface area contributed by atoms with Gasteiger partial charge in [0.1, 0.15) is 11.6 Å². The zero-order valence-corrected chi connectivity index (χ0v) is 9.62. The first-order valence-corrected chi connectivity index (χ1v) is 5.41. The van der Waals surface area contributed by atoms with Gasteiger partial charge in [0.15, 0.2) is 0 Å². The summed E-state index contributed by atoms with van der Waals surface area (Å²) in [5.41, 5.74) is 0.307. The highest BCUT2D eigenvalue weighted by molar-refractivity contribution is 5.69. The molecule has 0 heterocycles. The second-order valence-electron chi connectivity index (χ2n) is 3.84. The maximum absolute atomic E-state index is 13.4. The first-order chi connectivity index (χ1) is 8.02. The van der Waals surface area contributed by atoms with Crippen molar-refractivity contribution >= 4 is 5.97 Å². The minimum Gasteiger partial charge on any atom is -0.480 e. The van der Waals surface area contributed by atoms with Gasteiger partial charge in [0.25, 0.3) is 0 Å². The van der Waals surface area contributed by atoms with E-state index in [2.05, 4.69) is 0 Å². The van der Waals surface area contributed by atoms with Crippen LogP contribution < -0.4 is 0 Å². The lowest BCUT2D eigenvalue weighted by molar-refractivity contribution is -0.138. The SMILES string of the molecule is CCCN(CC(=O)O)Cc1ccc(F)cc1F. The van der Waals surface area contributed by atoms with E-state index in [1.54, 1.807) is 4.90 Å². The monoisotopic (exact) mass is 243 g/mol. The van der Waals surface area contributed by atoms with Crippen molar-refractivity contribution in [2.45, 2.75) is 19.9 Å². The molecular formula is C12H15F2NO2. The molecule has 0 bridgehead atoms. The molecule has 0 spiro atoms. The van der Waals surface area contributed by atoms with Crippen LogP contribution in [0, 0.1) is 11.6 Å². The highest BCUT2D eigenvalue weighted by Crippen LogP contribution is 2.12. The Morgan fingerprint density at radius 1 is 1.41 bits per heavy atom. The fourth-order valence-electron chi connectivity index (χ4n) is 1.61. The molecule has 1 aromatic rings. The highest BCUT2D eigenvalue weighted by Gasteiger charge is 2.12. The largest absolute Gasteiger partial charge is 0.480 e. The Morgan fingerprint density at radius 2 is 2.12 bits per heavy atom. The molecule has 0 fully saturated rings. The molecule has 1 rings (SSSR count). The van der Waals surface area contributed by atoms with Crippen LogP contribution >= 0.6 is 0 Å². The zero-order chi connectivity index (χ0) is 12.8. The van der Waals surface area contributed by atoms with Crippen LogP contribution in [0.4, 0.5) is 8.78 Å². The van der Waals surface area contributed by atoms with Gasteiger partial charge in [0, 0.05) is 18.2 Å². The number of carboxylic acid groups (broad SMARTS) is 1. The standard InChI is InChI=1S/C12H15F2NO2/c1-2-5-15(8-12(16)17)7-9-3-4-10(13)6-11(9)14/h3-4,6H,2,5,7-8H2,1H3,(H,16,17). The van der Waals surface area contributed by atoms with Gasteiger partial charge in [-0.05, 0) is 19.0 Å². The first kappa shape index (κ1) is 13.6. The molecule has 0 aromatic heterocycles. The van der Waals surface area contributed by atoms with Gasteiger partial charge in [0.05, 0.1) is 6.54 Å². The van der Waals surface area contributed by atoms with Crippen LogP contribution in [-0.2, 0) is 11.3 Å². The normalized spacial score (nSPS) is 10.8. The Kier molecular flexibility index (Phi) is 5.03. The second kappa shape index (κ2) is 6.30. The average Bonchev–Trinajstić information content (AvgIpc) is 2.21. The Labute approximate surface area is 98.7 Å². The molecule has 1 aromatic carbocycles. The third kappa shape index (κ3) is 4.48. The van der Waals surface area contributed by atoms with Gasteiger partial charge in [-0.2, -0.15) is 0 Å². The van der Waals surface area contributed by atoms with E-state index in [1.807, 2.05) is 6.92 Å². The topological polar surface area (TPSA) is 40.5 Å². The van der Waals surface area contributed by atoms with Crippen LogP contribution in [0.25, 0.3) is 0 Å². The van der Waals surface area contributed by atoms with Crippen molar-refractivity contribution in [1.82, 2.24) is 4.90 Å². The first-order valence-electron chi connectivity index (χ1n) is 5.41. The smallest absolute Gasteiger partial charge is 0.317 e. The van der Waals surface area contributed by atoms with Crippen molar-refractivity contribution < 1.29 is 18.7 Å². The number of hydrogen-bond donors (Lipinski definition) is 1. The maximum Gasteiger partial charge on any atom is 0.317 e. The molecule has 0 aliphatic heterocycles. The molecule has 0 radical (unpaired) electrons. The molecule has 0 saturated heterocycles. The van der Waals surface area contributed by atoms with Crippen molar-refractivity contribution in [2.24, 2.45) is 0 Å². The summed E-state index contributed by atoms with van der Waals surface area (Å²) in [6.07, 6.45) is 0.774. The molecule has 94 valence electrons. The predicted octanol–water partition coefficient (Wildman–Crippen LogP) is 2.26. The van der Waals surface area contributed by atoms with E-state index in [-0.39, 0.29) is 13.1 Å². The lowest BCUT2D eigenvalue weighted by Crippen LogP contribution is -2.30. The zero-order valence-electron chi connectivity index (χ0n) is 9.62. The third-order valence-electron chi connectivity index (χ3n) is 2.31. The van der Waals surface area contributed by atoms with E-state index in [0.717, 1.165) is 12.5 Å². The van der Waals surface area contributed by atoms with Gasteiger partial charge < -0.3 is 5.11 Å². The molecule has 0 aliphatic carbocycles. The van der Waals surface area contributed by atoms with E-state index in [9.17, 15) is 13.6 Å². The van der Waals surface area contributed by atoms with E-state index in [1.165, 1.54) is 12.1 Å². The second-order valence-corrected chi connectivity index (χ2v) is 3.84. The van der Waals surface area contributed by atoms with Crippen molar-refractivity contribution in [2.75, 3.05) is 13.1 Å². The molecule has 3 nitrogen and oxygen atoms in total. The Balaban J connectivity index is 2.74. The average molecular weight is 243 g/mol. The van der Waals surface area contributed by atoms with Crippen LogP contribution in [0.3, 0.4) is 0 Å². The van der Waals surface area contributed by atoms with E-state index < -0.39 is 17.6 Å². The summed E-state index contributed by atoms with van der Waals surface area (Å²) in [4.78, 5) is 12.2. The Morgan fingerprint density at radius 3 is 2.65 bits per heavy atom. The minimum absolute atomic E-state index is 0.148. The Hall–Kier alpha value is -1.49. The van der Waals surface area contributed by atoms with Gasteiger partial charge in [0.2, 0.25) is 0 Å². The van der Waals surface area contributed by atoms with Crippen molar-refractivity contribution in [3.8, 4) is 0 Å². The fourth-order valence-corrected chi connectivity index (χ4v) is 1.61. The van der Waals surface area contributed by atoms with Gasteiger partial charge in [-0.15, -0.1) is 0 Å². The summed E-state index contributed by atoms with van der Waals surface area (Å²) in [6, 6.07) is 3.32. The number of rotatable bonds is 6. The summed E-state index contributed by atoms with van der Waals surface area (Å²) in [6.45, 7) is 2.50. The van der Waals surface area contributed by atoms with Gasteiger partial charge >= 0.3 is 5.97 Å². The van der Waals surface area contributed by atoms with Gasteiger partial charge in [-0.3, -0.25) is 9.69 Å². The van der Waals surface area contributed by atoms with E-state index >= 15 is 0 Å². The lowest BCUT2D eigenvalue weighted by Gasteiger charge is -2.19. The maximum atomic E-state index is 13.4. The molecule has 0 aliphatic rings. The fraction of sp³-hybridized carbons (Fsp3) is 0.417. The summed E-state index contributed by atoms with van der Waals surface area (Å²) in [5, 5.41) is 8.71. The predicted molar refractivity (Wildman–Crippen MR) is 59.6 cm³/mol. The molecular weight excluding hydrogens is 228 g/mol. The number of carboxylic acids is 1. The van der Waals surface area contributed by atoms with E-state index in [0.29, 0.717) is 12.1 Å². The number of halogens is 2. The number of nitrogens with zero attached hydrogens (tertiary/aromatic N) is 1. The Bertz CT molecular complexity index is 396. The summed E-state index contributed by atoms with van der Waals surface area (Å²) < 4.78 is 26.1. The van der Waals surface area contributed by atoms with Crippen LogP contribution in [0.1, 0.15) is 18.9 Å². The quantitative estimate of drug-likeness (QED) is 0.833. The van der Waals surface area contributed by atoms with Crippen LogP contribution in [-0.4, -0.2) is 29.1 Å². The summed E-state index contributed by atoms with van der Waals surface area (Å²) in [5.74, 6) is -2.23. The summed E-state index contributed by atoms with van der Waals surface area (Å²) >= 11 is 0.